The molecule has 2 heterocycles. The molecule has 0 spiro atoms. The molecule has 1 fully saturated rings. The number of carbonyl (C=O) groups is 3. The highest BCUT2D eigenvalue weighted by Gasteiger charge is 2.35. The quantitative estimate of drug-likeness (QED) is 0.601. The highest BCUT2D eigenvalue weighted by molar-refractivity contribution is 6.04. The number of aromatic nitrogens is 1. The standard InChI is InChI=1S/C18H27N3O4/c1-5-25-18(24)14-10(2)15(20-11(14)3)16(22)12(4)21-9-7-6-8-13(21)17(19)23/h12-13,20H,5-9H2,1-4H3,(H2,19,23). The number of aromatic amines is 1. The average molecular weight is 349 g/mol. The molecule has 2 atom stereocenters. The number of esters is 1. The molecule has 2 rings (SSSR count). The maximum absolute atomic E-state index is 13.0. The lowest BCUT2D eigenvalue weighted by molar-refractivity contribution is -0.124. The van der Waals surface area contributed by atoms with Gasteiger partial charge in [0, 0.05) is 5.69 Å². The van der Waals surface area contributed by atoms with Crippen LogP contribution in [0.3, 0.4) is 0 Å². The van der Waals surface area contributed by atoms with Crippen molar-refractivity contribution >= 4 is 17.7 Å². The van der Waals surface area contributed by atoms with Crippen LogP contribution < -0.4 is 5.73 Å². The van der Waals surface area contributed by atoms with Gasteiger partial charge in [0.2, 0.25) is 5.91 Å². The van der Waals surface area contributed by atoms with Crippen LogP contribution in [0.4, 0.5) is 0 Å². The topological polar surface area (TPSA) is 105 Å². The molecule has 2 unspecified atom stereocenters. The van der Waals surface area contributed by atoms with Crippen LogP contribution in [0.25, 0.3) is 0 Å². The second-order valence-corrected chi connectivity index (χ2v) is 6.54. The number of amides is 1. The van der Waals surface area contributed by atoms with Crippen LogP contribution in [0.5, 0.6) is 0 Å². The Kier molecular flexibility index (Phi) is 6.00. The number of nitrogens with two attached hydrogens (primary N) is 1. The van der Waals surface area contributed by atoms with Gasteiger partial charge in [-0.1, -0.05) is 6.42 Å². The van der Waals surface area contributed by atoms with Crippen molar-refractivity contribution in [3.63, 3.8) is 0 Å². The first-order valence-electron chi connectivity index (χ1n) is 8.75. The minimum atomic E-state index is -0.496. The monoisotopic (exact) mass is 349 g/mol. The highest BCUT2D eigenvalue weighted by Crippen LogP contribution is 2.25. The minimum Gasteiger partial charge on any atom is -0.462 e. The van der Waals surface area contributed by atoms with E-state index in [4.69, 9.17) is 10.5 Å². The number of hydrogen-bond donors (Lipinski definition) is 2. The number of Topliss-reactive ketones (excluding diaryl/α,β-unsaturated/α-hetero) is 1. The lowest BCUT2D eigenvalue weighted by atomic mass is 9.96. The zero-order valence-corrected chi connectivity index (χ0v) is 15.3. The summed E-state index contributed by atoms with van der Waals surface area (Å²) < 4.78 is 5.07. The van der Waals surface area contributed by atoms with Crippen LogP contribution in [0.2, 0.25) is 0 Å². The SMILES string of the molecule is CCOC(=O)c1c(C)[nH]c(C(=O)C(C)N2CCCCC2C(N)=O)c1C. The number of H-pyrrole nitrogens is 1. The molecule has 25 heavy (non-hydrogen) atoms. The van der Waals surface area contributed by atoms with Crippen molar-refractivity contribution in [2.45, 2.75) is 59.0 Å². The first-order valence-corrected chi connectivity index (χ1v) is 8.75. The van der Waals surface area contributed by atoms with E-state index < -0.39 is 24.0 Å². The Labute approximate surface area is 147 Å². The van der Waals surface area contributed by atoms with Gasteiger partial charge in [0.15, 0.2) is 5.78 Å². The number of hydrogen-bond acceptors (Lipinski definition) is 5. The van der Waals surface area contributed by atoms with E-state index in [0.29, 0.717) is 35.5 Å². The Balaban J connectivity index is 2.29. The van der Waals surface area contributed by atoms with Crippen molar-refractivity contribution in [3.8, 4) is 0 Å². The molecule has 1 amide bonds. The van der Waals surface area contributed by atoms with Gasteiger partial charge in [-0.2, -0.15) is 0 Å². The third kappa shape index (κ3) is 3.76. The summed E-state index contributed by atoms with van der Waals surface area (Å²) >= 11 is 0. The predicted octanol–water partition coefficient (Wildman–Crippen LogP) is 1.72. The summed E-state index contributed by atoms with van der Waals surface area (Å²) in [5.41, 5.74) is 7.49. The van der Waals surface area contributed by atoms with Gasteiger partial charge < -0.3 is 15.5 Å². The van der Waals surface area contributed by atoms with Gasteiger partial charge in [-0.3, -0.25) is 14.5 Å². The maximum atomic E-state index is 13.0. The number of likely N-dealkylation sites (tertiary alicyclic amines) is 1. The molecular formula is C18H27N3O4. The molecule has 1 aromatic rings. The molecule has 0 aromatic carbocycles. The summed E-state index contributed by atoms with van der Waals surface area (Å²) in [5, 5.41) is 0. The van der Waals surface area contributed by atoms with Gasteiger partial charge in [0.1, 0.15) is 0 Å². The van der Waals surface area contributed by atoms with Crippen molar-refractivity contribution in [1.29, 1.82) is 0 Å². The van der Waals surface area contributed by atoms with Gasteiger partial charge in [-0.15, -0.1) is 0 Å². The fourth-order valence-corrected chi connectivity index (χ4v) is 3.59. The number of ketones is 1. The number of piperidine rings is 1. The Bertz CT molecular complexity index is 680. The summed E-state index contributed by atoms with van der Waals surface area (Å²) in [7, 11) is 0. The molecule has 0 aliphatic carbocycles. The van der Waals surface area contributed by atoms with Crippen LogP contribution in [0, 0.1) is 13.8 Å². The number of nitrogens with zero attached hydrogens (tertiary/aromatic N) is 1. The Morgan fingerprint density at radius 3 is 2.60 bits per heavy atom. The third-order valence-corrected chi connectivity index (χ3v) is 4.91. The lowest BCUT2D eigenvalue weighted by Gasteiger charge is -2.37. The van der Waals surface area contributed by atoms with E-state index in [9.17, 15) is 14.4 Å². The summed E-state index contributed by atoms with van der Waals surface area (Å²) in [6, 6.07) is -0.918. The Hall–Kier alpha value is -2.15. The van der Waals surface area contributed by atoms with Gasteiger partial charge in [-0.05, 0) is 52.6 Å². The van der Waals surface area contributed by atoms with Gasteiger partial charge in [0.25, 0.3) is 0 Å². The van der Waals surface area contributed by atoms with Gasteiger partial charge >= 0.3 is 5.97 Å². The van der Waals surface area contributed by atoms with E-state index in [2.05, 4.69) is 4.98 Å². The molecule has 1 aliphatic rings. The first-order chi connectivity index (χ1) is 11.8. The number of ether oxygens (including phenoxy) is 1. The number of nitrogens with one attached hydrogen (secondary N) is 1. The number of aryl methyl sites for hydroxylation is 1. The second-order valence-electron chi connectivity index (χ2n) is 6.54. The molecular weight excluding hydrogens is 322 g/mol. The molecule has 0 radical (unpaired) electrons. The number of rotatable bonds is 6. The number of carbonyl (C=O) groups excluding carboxylic acids is 3. The van der Waals surface area contributed by atoms with Crippen LogP contribution in [0.15, 0.2) is 0 Å². The van der Waals surface area contributed by atoms with Crippen LogP contribution in [-0.2, 0) is 9.53 Å². The number of primary amides is 1. The van der Waals surface area contributed by atoms with Gasteiger partial charge in [0.05, 0.1) is 29.9 Å². The summed E-state index contributed by atoms with van der Waals surface area (Å²) in [6.07, 6.45) is 2.53. The fraction of sp³-hybridized carbons (Fsp3) is 0.611. The zero-order valence-electron chi connectivity index (χ0n) is 15.3. The molecule has 3 N–H and O–H groups in total. The molecule has 0 bridgehead atoms. The molecule has 7 heteroatoms. The average Bonchev–Trinajstić information content (AvgIpc) is 2.88. The van der Waals surface area contributed by atoms with Crippen LogP contribution >= 0.6 is 0 Å². The summed E-state index contributed by atoms with van der Waals surface area (Å²) in [6.45, 7) is 7.93. The summed E-state index contributed by atoms with van der Waals surface area (Å²) in [4.78, 5) is 41.7. The van der Waals surface area contributed by atoms with E-state index in [1.54, 1.807) is 27.7 Å². The van der Waals surface area contributed by atoms with Crippen molar-refractivity contribution in [1.82, 2.24) is 9.88 Å². The van der Waals surface area contributed by atoms with E-state index in [1.807, 2.05) is 4.90 Å². The van der Waals surface area contributed by atoms with Gasteiger partial charge in [-0.25, -0.2) is 4.79 Å². The highest BCUT2D eigenvalue weighted by atomic mass is 16.5. The van der Waals surface area contributed by atoms with Crippen LogP contribution in [0.1, 0.15) is 65.2 Å². The second kappa shape index (κ2) is 7.82. The molecule has 138 valence electrons. The molecule has 1 saturated heterocycles. The van der Waals surface area contributed by atoms with E-state index in [1.165, 1.54) is 0 Å². The van der Waals surface area contributed by atoms with Crippen molar-refractivity contribution in [2.24, 2.45) is 5.73 Å². The predicted molar refractivity (Wildman–Crippen MR) is 93.6 cm³/mol. The first kappa shape index (κ1) is 19.2. The molecule has 1 aromatic heterocycles. The molecule has 1 aliphatic heterocycles. The Morgan fingerprint density at radius 2 is 2.00 bits per heavy atom. The maximum Gasteiger partial charge on any atom is 0.340 e. The van der Waals surface area contributed by atoms with Crippen molar-refractivity contribution < 1.29 is 19.1 Å². The van der Waals surface area contributed by atoms with Crippen molar-refractivity contribution in [2.75, 3.05) is 13.2 Å². The minimum absolute atomic E-state index is 0.149. The molecule has 0 saturated carbocycles. The molecule has 7 nitrogen and oxygen atoms in total. The van der Waals surface area contributed by atoms with Crippen LogP contribution in [-0.4, -0.2) is 52.8 Å². The zero-order chi connectivity index (χ0) is 18.7. The van der Waals surface area contributed by atoms with E-state index >= 15 is 0 Å². The van der Waals surface area contributed by atoms with E-state index in [-0.39, 0.29) is 12.4 Å². The summed E-state index contributed by atoms with van der Waals surface area (Å²) in [5.74, 6) is -0.983. The van der Waals surface area contributed by atoms with Crippen molar-refractivity contribution in [3.05, 3.63) is 22.5 Å². The normalized spacial score (nSPS) is 19.4. The third-order valence-electron chi connectivity index (χ3n) is 4.91. The van der Waals surface area contributed by atoms with E-state index in [0.717, 1.165) is 12.8 Å². The lowest BCUT2D eigenvalue weighted by Crippen LogP contribution is -2.53. The Morgan fingerprint density at radius 1 is 1.32 bits per heavy atom. The fourth-order valence-electron chi connectivity index (χ4n) is 3.59. The largest absolute Gasteiger partial charge is 0.462 e. The smallest absolute Gasteiger partial charge is 0.340 e.